The molecule has 0 spiro atoms. The quantitative estimate of drug-likeness (QED) is 0.187. The maximum Gasteiger partial charge on any atom is 0.0543 e. The maximum absolute atomic E-state index is 4.48. The average molecular weight is 681 g/mol. The van der Waals surface area contributed by atoms with E-state index in [-0.39, 0.29) is 21.7 Å². The van der Waals surface area contributed by atoms with E-state index < -0.39 is 0 Å². The molecule has 5 aromatic carbocycles. The molecule has 1 aliphatic carbocycles. The van der Waals surface area contributed by atoms with Crippen molar-refractivity contribution in [3.05, 3.63) is 173 Å². The number of benzene rings is 5. The normalized spacial score (nSPS) is 18.8. The standard InChI is InChI=1S/C50H52N2/c1-33-17-12-11-15-30-48(5,6)42-31-36(26-28-38(33)42)51(35-24-22-34(23-25-35)47(2,3)4)37-27-29-45-43(32-37)50(9,10)41-20-16-19-40-46(41)52(45)44-21-14-13-18-39(44)49(40,7)8/h11-29,31-32H,1,30H2,2-10H3/b15-11-,17-12-. The van der Waals surface area contributed by atoms with Gasteiger partial charge in [0.2, 0.25) is 0 Å². The van der Waals surface area contributed by atoms with E-state index in [9.17, 15) is 0 Å². The van der Waals surface area contributed by atoms with Crippen molar-refractivity contribution in [2.45, 2.75) is 90.4 Å². The third kappa shape index (κ3) is 5.21. The Kier molecular flexibility index (Phi) is 7.67. The van der Waals surface area contributed by atoms with Crippen LogP contribution in [0.3, 0.4) is 0 Å². The summed E-state index contributed by atoms with van der Waals surface area (Å²) in [6, 6.07) is 39.3. The van der Waals surface area contributed by atoms with Crippen molar-refractivity contribution in [3.63, 3.8) is 0 Å². The Morgan fingerprint density at radius 2 is 1.17 bits per heavy atom. The fourth-order valence-electron chi connectivity index (χ4n) is 8.89. The van der Waals surface area contributed by atoms with Gasteiger partial charge in [0.1, 0.15) is 0 Å². The Balaban J connectivity index is 1.35. The van der Waals surface area contributed by atoms with Crippen molar-refractivity contribution in [1.82, 2.24) is 0 Å². The summed E-state index contributed by atoms with van der Waals surface area (Å²) >= 11 is 0. The molecule has 5 aromatic rings. The topological polar surface area (TPSA) is 6.48 Å². The van der Waals surface area contributed by atoms with Gasteiger partial charge in [-0.05, 0) is 110 Å². The lowest BCUT2D eigenvalue weighted by molar-refractivity contribution is 0.533. The van der Waals surface area contributed by atoms with Gasteiger partial charge in [0.05, 0.1) is 17.1 Å². The molecule has 3 aliphatic rings. The molecule has 0 aromatic heterocycles. The molecule has 2 aliphatic heterocycles. The fraction of sp³-hybridized carbons (Fsp3) is 0.280. The summed E-state index contributed by atoms with van der Waals surface area (Å²) in [4.78, 5) is 5.00. The van der Waals surface area contributed by atoms with Crippen LogP contribution in [0.1, 0.15) is 108 Å². The molecule has 2 heterocycles. The number of hydrogen-bond acceptors (Lipinski definition) is 2. The van der Waals surface area contributed by atoms with Gasteiger partial charge in [0.25, 0.3) is 0 Å². The summed E-state index contributed by atoms with van der Waals surface area (Å²) in [5, 5.41) is 0. The molecule has 0 unspecified atom stereocenters. The summed E-state index contributed by atoms with van der Waals surface area (Å²) in [7, 11) is 0. The molecule has 2 heteroatoms. The molecule has 0 radical (unpaired) electrons. The molecule has 0 N–H and O–H groups in total. The average Bonchev–Trinajstić information content (AvgIpc) is 3.16. The highest BCUT2D eigenvalue weighted by atomic mass is 15.2. The Hall–Kier alpha value is -5.08. The van der Waals surface area contributed by atoms with Gasteiger partial charge in [0.15, 0.2) is 0 Å². The van der Waals surface area contributed by atoms with Crippen LogP contribution in [0.5, 0.6) is 0 Å². The molecule has 2 nitrogen and oxygen atoms in total. The van der Waals surface area contributed by atoms with Crippen LogP contribution in [0.2, 0.25) is 0 Å². The number of anilines is 6. The van der Waals surface area contributed by atoms with E-state index in [1.165, 1.54) is 56.0 Å². The second-order valence-corrected chi connectivity index (χ2v) is 17.8. The third-order valence-electron chi connectivity index (χ3n) is 12.1. The summed E-state index contributed by atoms with van der Waals surface area (Å²) in [5.74, 6) is 0. The molecule has 0 atom stereocenters. The lowest BCUT2D eigenvalue weighted by Gasteiger charge is -2.49. The lowest BCUT2D eigenvalue weighted by atomic mass is 9.66. The Morgan fingerprint density at radius 1 is 0.596 bits per heavy atom. The van der Waals surface area contributed by atoms with Gasteiger partial charge >= 0.3 is 0 Å². The van der Waals surface area contributed by atoms with Crippen molar-refractivity contribution >= 4 is 39.7 Å². The van der Waals surface area contributed by atoms with Crippen LogP contribution in [0.15, 0.2) is 134 Å². The summed E-state index contributed by atoms with van der Waals surface area (Å²) in [6.07, 6.45) is 9.63. The zero-order valence-corrected chi connectivity index (χ0v) is 32.4. The second-order valence-electron chi connectivity index (χ2n) is 17.8. The maximum atomic E-state index is 4.48. The van der Waals surface area contributed by atoms with Crippen LogP contribution in [0, 0.1) is 0 Å². The third-order valence-corrected chi connectivity index (χ3v) is 12.1. The molecule has 0 amide bonds. The van der Waals surface area contributed by atoms with E-state index in [0.717, 1.165) is 29.1 Å². The van der Waals surface area contributed by atoms with Crippen LogP contribution in [-0.4, -0.2) is 0 Å². The largest absolute Gasteiger partial charge is 0.310 e. The van der Waals surface area contributed by atoms with Gasteiger partial charge in [-0.2, -0.15) is 0 Å². The van der Waals surface area contributed by atoms with Gasteiger partial charge in [-0.25, -0.2) is 0 Å². The molecule has 8 rings (SSSR count). The van der Waals surface area contributed by atoms with Crippen molar-refractivity contribution < 1.29 is 0 Å². The molecule has 0 fully saturated rings. The van der Waals surface area contributed by atoms with E-state index in [1.54, 1.807) is 0 Å². The van der Waals surface area contributed by atoms with Crippen LogP contribution in [0.25, 0.3) is 5.57 Å². The Morgan fingerprint density at radius 3 is 1.87 bits per heavy atom. The van der Waals surface area contributed by atoms with Crippen LogP contribution in [0.4, 0.5) is 34.1 Å². The molecule has 52 heavy (non-hydrogen) atoms. The SMILES string of the molecule is C=C1/C=C\C=C/CC(C)(C)c2cc(N(c3ccc(C(C)(C)C)cc3)c3ccc4c(c3)C(C)(C)c3cccc5c3N4c3ccccc3C5(C)C)ccc21. The van der Waals surface area contributed by atoms with Crippen molar-refractivity contribution in [2.75, 3.05) is 9.80 Å². The first-order chi connectivity index (χ1) is 24.6. The van der Waals surface area contributed by atoms with Crippen LogP contribution in [-0.2, 0) is 21.7 Å². The van der Waals surface area contributed by atoms with Gasteiger partial charge in [0, 0.05) is 27.9 Å². The van der Waals surface area contributed by atoms with Crippen molar-refractivity contribution in [2.24, 2.45) is 0 Å². The van der Waals surface area contributed by atoms with E-state index in [1.807, 2.05) is 0 Å². The smallest absolute Gasteiger partial charge is 0.0543 e. The zero-order valence-electron chi connectivity index (χ0n) is 32.4. The lowest BCUT2D eigenvalue weighted by Crippen LogP contribution is -2.38. The van der Waals surface area contributed by atoms with E-state index in [0.29, 0.717) is 0 Å². The first kappa shape index (κ1) is 34.0. The fourth-order valence-corrected chi connectivity index (χ4v) is 8.89. The predicted molar refractivity (Wildman–Crippen MR) is 224 cm³/mol. The highest BCUT2D eigenvalue weighted by Gasteiger charge is 2.45. The van der Waals surface area contributed by atoms with Crippen LogP contribution < -0.4 is 9.80 Å². The number of nitrogens with zero attached hydrogens (tertiary/aromatic N) is 2. The van der Waals surface area contributed by atoms with E-state index >= 15 is 0 Å². The molecule has 0 saturated heterocycles. The highest BCUT2D eigenvalue weighted by molar-refractivity contribution is 5.94. The van der Waals surface area contributed by atoms with Crippen molar-refractivity contribution in [1.29, 1.82) is 0 Å². The minimum Gasteiger partial charge on any atom is -0.310 e. The summed E-state index contributed by atoms with van der Waals surface area (Å²) in [5.41, 5.74) is 17.3. The zero-order chi connectivity index (χ0) is 36.8. The summed E-state index contributed by atoms with van der Waals surface area (Å²) in [6.45, 7) is 25.6. The Labute approximate surface area is 311 Å². The van der Waals surface area contributed by atoms with Crippen molar-refractivity contribution in [3.8, 4) is 0 Å². The molecule has 0 bridgehead atoms. The second kappa shape index (κ2) is 11.7. The first-order valence-electron chi connectivity index (χ1n) is 18.9. The number of para-hydroxylation sites is 2. The van der Waals surface area contributed by atoms with Gasteiger partial charge in [-0.3, -0.25) is 0 Å². The first-order valence-corrected chi connectivity index (χ1v) is 18.9. The molecule has 262 valence electrons. The predicted octanol–water partition coefficient (Wildman–Crippen LogP) is 14.0. The van der Waals surface area contributed by atoms with Gasteiger partial charge in [-0.15, -0.1) is 0 Å². The minimum absolute atomic E-state index is 0.0667. The molecular weight excluding hydrogens is 629 g/mol. The number of rotatable bonds is 3. The van der Waals surface area contributed by atoms with E-state index in [4.69, 9.17) is 0 Å². The summed E-state index contributed by atoms with van der Waals surface area (Å²) < 4.78 is 0. The minimum atomic E-state index is -0.222. The van der Waals surface area contributed by atoms with Gasteiger partial charge in [-0.1, -0.05) is 148 Å². The number of hydrogen-bond donors (Lipinski definition) is 0. The highest BCUT2D eigenvalue weighted by Crippen LogP contribution is 2.60. The van der Waals surface area contributed by atoms with Crippen LogP contribution >= 0.6 is 0 Å². The van der Waals surface area contributed by atoms with Gasteiger partial charge < -0.3 is 9.80 Å². The molecule has 0 saturated carbocycles. The monoisotopic (exact) mass is 680 g/mol. The molecular formula is C50H52N2. The number of fused-ring (bicyclic) bond motifs is 5. The number of allylic oxidation sites excluding steroid dienone is 5. The van der Waals surface area contributed by atoms with E-state index in [2.05, 4.69) is 206 Å². The Bertz CT molecular complexity index is 2300.